The molecule has 3 aromatic rings. The van der Waals surface area contributed by atoms with Crippen LogP contribution in [0.5, 0.6) is 0 Å². The van der Waals surface area contributed by atoms with Gasteiger partial charge in [0.1, 0.15) is 4.21 Å². The second-order valence-electron chi connectivity index (χ2n) is 6.82. The van der Waals surface area contributed by atoms with Gasteiger partial charge in [0.15, 0.2) is 6.10 Å². The summed E-state index contributed by atoms with van der Waals surface area (Å²) in [6.07, 6.45) is -5.84. The van der Waals surface area contributed by atoms with Crippen molar-refractivity contribution in [1.82, 2.24) is 0 Å². The van der Waals surface area contributed by atoms with E-state index in [1.807, 2.05) is 0 Å². The van der Waals surface area contributed by atoms with Gasteiger partial charge in [-0.1, -0.05) is 12.1 Å². The molecule has 0 saturated heterocycles. The number of para-hydroxylation sites is 1. The van der Waals surface area contributed by atoms with Crippen LogP contribution in [0.3, 0.4) is 0 Å². The Morgan fingerprint density at radius 2 is 1.68 bits per heavy atom. The number of rotatable bonds is 7. The summed E-state index contributed by atoms with van der Waals surface area (Å²) in [5.41, 5.74) is -0.974. The van der Waals surface area contributed by atoms with E-state index in [4.69, 9.17) is 4.74 Å². The number of nitrogens with one attached hydrogen (secondary N) is 2. The molecular formula is C21H16BrF3N2O5S2. The van der Waals surface area contributed by atoms with Gasteiger partial charge in [0, 0.05) is 5.69 Å². The van der Waals surface area contributed by atoms with Crippen LogP contribution in [-0.4, -0.2) is 26.4 Å². The predicted molar refractivity (Wildman–Crippen MR) is 124 cm³/mol. The van der Waals surface area contributed by atoms with Gasteiger partial charge in [0.05, 0.1) is 20.6 Å². The molecule has 13 heteroatoms. The molecule has 0 bridgehead atoms. The van der Waals surface area contributed by atoms with Crippen LogP contribution in [0.1, 0.15) is 22.8 Å². The third kappa shape index (κ3) is 6.36. The summed E-state index contributed by atoms with van der Waals surface area (Å²) in [7, 11) is -3.98. The molecule has 180 valence electrons. The number of hydrogen-bond donors (Lipinski definition) is 2. The van der Waals surface area contributed by atoms with E-state index in [9.17, 15) is 31.2 Å². The molecule has 34 heavy (non-hydrogen) atoms. The van der Waals surface area contributed by atoms with Gasteiger partial charge in [-0.2, -0.15) is 13.2 Å². The molecule has 1 amide bonds. The average Bonchev–Trinajstić information content (AvgIpc) is 3.21. The smallest absolute Gasteiger partial charge is 0.416 e. The second kappa shape index (κ2) is 10.2. The number of ether oxygens (including phenoxy) is 1. The van der Waals surface area contributed by atoms with E-state index in [0.717, 1.165) is 35.6 Å². The zero-order chi connectivity index (χ0) is 25.1. The number of halogens is 4. The van der Waals surface area contributed by atoms with E-state index < -0.39 is 39.7 Å². The summed E-state index contributed by atoms with van der Waals surface area (Å²) >= 11 is 4.17. The summed E-state index contributed by atoms with van der Waals surface area (Å²) in [5.74, 6) is -1.75. The summed E-state index contributed by atoms with van der Waals surface area (Å²) in [6.45, 7) is 1.27. The fourth-order valence-electron chi connectivity index (χ4n) is 2.65. The highest BCUT2D eigenvalue weighted by atomic mass is 79.9. The zero-order valence-corrected chi connectivity index (χ0v) is 20.4. The van der Waals surface area contributed by atoms with Crippen molar-refractivity contribution in [1.29, 1.82) is 0 Å². The highest BCUT2D eigenvalue weighted by Crippen LogP contribution is 2.30. The molecule has 2 aromatic carbocycles. The van der Waals surface area contributed by atoms with Crippen molar-refractivity contribution in [3.63, 3.8) is 0 Å². The molecule has 0 radical (unpaired) electrons. The molecule has 0 saturated carbocycles. The Labute approximate surface area is 205 Å². The van der Waals surface area contributed by atoms with Gasteiger partial charge in [-0.15, -0.1) is 11.3 Å². The summed E-state index contributed by atoms with van der Waals surface area (Å²) in [5, 5.41) is 2.36. The molecule has 7 nitrogen and oxygen atoms in total. The molecule has 0 unspecified atom stereocenters. The lowest BCUT2D eigenvalue weighted by Gasteiger charge is -2.16. The quantitative estimate of drug-likeness (QED) is 0.361. The largest absolute Gasteiger partial charge is 0.449 e. The van der Waals surface area contributed by atoms with Crippen molar-refractivity contribution in [2.75, 3.05) is 10.0 Å². The Bertz CT molecular complexity index is 1310. The fourth-order valence-corrected chi connectivity index (χ4v) is 5.74. The van der Waals surface area contributed by atoms with Crippen LogP contribution in [0.25, 0.3) is 0 Å². The van der Waals surface area contributed by atoms with Crippen LogP contribution in [0.4, 0.5) is 24.5 Å². The van der Waals surface area contributed by atoms with Crippen LogP contribution in [0, 0.1) is 0 Å². The van der Waals surface area contributed by atoms with Gasteiger partial charge >= 0.3 is 12.1 Å². The number of esters is 1. The van der Waals surface area contributed by atoms with Crippen LogP contribution < -0.4 is 10.0 Å². The first-order valence-corrected chi connectivity index (χ1v) is 12.5. The van der Waals surface area contributed by atoms with Crippen molar-refractivity contribution >= 4 is 60.5 Å². The van der Waals surface area contributed by atoms with Crippen molar-refractivity contribution < 1.29 is 35.9 Å². The van der Waals surface area contributed by atoms with Crippen LogP contribution in [0.15, 0.2) is 68.7 Å². The molecule has 0 fully saturated rings. The van der Waals surface area contributed by atoms with Gasteiger partial charge in [0.25, 0.3) is 15.9 Å². The first-order valence-electron chi connectivity index (χ1n) is 9.43. The third-order valence-corrected chi connectivity index (χ3v) is 7.82. The van der Waals surface area contributed by atoms with E-state index in [1.54, 1.807) is 6.07 Å². The van der Waals surface area contributed by atoms with Crippen LogP contribution in [0.2, 0.25) is 0 Å². The molecule has 0 aliphatic rings. The van der Waals surface area contributed by atoms with E-state index in [-0.39, 0.29) is 21.1 Å². The predicted octanol–water partition coefficient (Wildman–Crippen LogP) is 5.51. The maximum Gasteiger partial charge on any atom is 0.416 e. The first kappa shape index (κ1) is 25.7. The molecule has 0 aliphatic carbocycles. The number of benzene rings is 2. The lowest BCUT2D eigenvalue weighted by Crippen LogP contribution is -2.30. The van der Waals surface area contributed by atoms with E-state index >= 15 is 0 Å². The highest BCUT2D eigenvalue weighted by Gasteiger charge is 2.30. The molecule has 0 aliphatic heterocycles. The topological polar surface area (TPSA) is 102 Å². The van der Waals surface area contributed by atoms with Gasteiger partial charge in [-0.3, -0.25) is 9.52 Å². The van der Waals surface area contributed by atoms with Gasteiger partial charge in [-0.05, 0) is 71.4 Å². The maximum atomic E-state index is 12.7. The van der Waals surface area contributed by atoms with Crippen molar-refractivity contribution in [3.05, 3.63) is 75.6 Å². The molecule has 3 rings (SSSR count). The molecule has 1 aromatic heterocycles. The number of sulfonamides is 1. The number of hydrogen-bond acceptors (Lipinski definition) is 6. The molecule has 0 spiro atoms. The summed E-state index contributed by atoms with van der Waals surface area (Å²) in [4.78, 5) is 25.0. The monoisotopic (exact) mass is 576 g/mol. The normalized spacial score (nSPS) is 12.6. The Morgan fingerprint density at radius 1 is 1.03 bits per heavy atom. The lowest BCUT2D eigenvalue weighted by atomic mass is 10.2. The Balaban J connectivity index is 1.69. The zero-order valence-electron chi connectivity index (χ0n) is 17.2. The standard InChI is InChI=1S/C21H16BrF3N2O5S2/c1-12(19(28)26-14-8-6-13(7-9-14)21(23,24)25)32-20(29)15-4-2-3-5-16(15)27-34(30,31)18-11-10-17(22)33-18/h2-12,27H,1H3,(H,26,28)/t12-/m1/s1. The van der Waals surface area contributed by atoms with Crippen molar-refractivity contribution in [2.45, 2.75) is 23.4 Å². The average molecular weight is 577 g/mol. The Kier molecular flexibility index (Phi) is 7.68. The Morgan fingerprint density at radius 3 is 2.26 bits per heavy atom. The third-order valence-electron chi connectivity index (χ3n) is 4.34. The fraction of sp³-hybridized carbons (Fsp3) is 0.143. The van der Waals surface area contributed by atoms with Crippen molar-refractivity contribution in [2.24, 2.45) is 0 Å². The summed E-state index contributed by atoms with van der Waals surface area (Å²) in [6, 6.07) is 12.4. The minimum absolute atomic E-state index is 0.0202. The number of anilines is 2. The molecule has 2 N–H and O–H groups in total. The number of alkyl halides is 3. The van der Waals surface area contributed by atoms with Gasteiger partial charge in [0.2, 0.25) is 0 Å². The summed E-state index contributed by atoms with van der Waals surface area (Å²) < 4.78 is 71.3. The lowest BCUT2D eigenvalue weighted by molar-refractivity contribution is -0.137. The van der Waals surface area contributed by atoms with E-state index in [0.29, 0.717) is 3.79 Å². The highest BCUT2D eigenvalue weighted by molar-refractivity contribution is 9.11. The van der Waals surface area contributed by atoms with Gasteiger partial charge < -0.3 is 10.1 Å². The maximum absolute atomic E-state index is 12.7. The second-order valence-corrected chi connectivity index (χ2v) is 11.2. The van der Waals surface area contributed by atoms with Crippen LogP contribution in [-0.2, 0) is 25.7 Å². The number of amides is 1. The Hall–Kier alpha value is -2.90. The first-order chi connectivity index (χ1) is 15.9. The minimum Gasteiger partial charge on any atom is -0.449 e. The number of carbonyl (C=O) groups is 2. The SMILES string of the molecule is C[C@@H](OC(=O)c1ccccc1NS(=O)(=O)c1ccc(Br)s1)C(=O)Nc1ccc(C(F)(F)F)cc1. The molecular weight excluding hydrogens is 561 g/mol. The number of carbonyl (C=O) groups excluding carboxylic acids is 2. The van der Waals surface area contributed by atoms with E-state index in [1.165, 1.54) is 37.3 Å². The molecule has 1 atom stereocenters. The molecule has 1 heterocycles. The number of thiophene rings is 1. The van der Waals surface area contributed by atoms with E-state index in [2.05, 4.69) is 26.0 Å². The van der Waals surface area contributed by atoms with Crippen LogP contribution >= 0.6 is 27.3 Å². The minimum atomic E-state index is -4.51. The van der Waals surface area contributed by atoms with Crippen molar-refractivity contribution in [3.8, 4) is 0 Å². The van der Waals surface area contributed by atoms with Gasteiger partial charge in [-0.25, -0.2) is 13.2 Å².